The fraction of sp³-hybridized carbons (Fsp3) is 0. The van der Waals surface area contributed by atoms with Gasteiger partial charge < -0.3 is 5.84 Å². The van der Waals surface area contributed by atoms with Gasteiger partial charge in [-0.1, -0.05) is 0 Å². The number of hydrogen-bond acceptors (Lipinski definition) is 4. The van der Waals surface area contributed by atoms with E-state index >= 15 is 0 Å². The molecule has 0 radical (unpaired) electrons. The minimum Gasteiger partial charge on any atom is -0.323 e. The molecule has 0 heterocycles. The Morgan fingerprint density at radius 2 is 2.38 bits per heavy atom. The highest BCUT2D eigenvalue weighted by Gasteiger charge is 1.77. The van der Waals surface area contributed by atoms with Crippen molar-refractivity contribution >= 4 is 6.21 Å². The zero-order valence-electron chi connectivity index (χ0n) is 4.02. The first-order valence-corrected chi connectivity index (χ1v) is 1.81. The summed E-state index contributed by atoms with van der Waals surface area (Å²) in [6, 6.07) is 0. The molecular formula is C3H5N3O2. The predicted octanol–water partition coefficient (Wildman–Crippen LogP) is -0.279. The average Bonchev–Trinajstić information content (AvgIpc) is 1.66. The number of hydrazone groups is 1. The van der Waals surface area contributed by atoms with Crippen molar-refractivity contribution in [3.8, 4) is 0 Å². The minimum atomic E-state index is -0.596. The molecule has 5 nitrogen and oxygen atoms in total. The molecule has 0 aromatic rings. The van der Waals surface area contributed by atoms with E-state index in [1.54, 1.807) is 0 Å². The highest BCUT2D eigenvalue weighted by Crippen LogP contribution is 1.67. The molecule has 0 atom stereocenters. The van der Waals surface area contributed by atoms with Crippen molar-refractivity contribution in [2.75, 3.05) is 0 Å². The Morgan fingerprint density at radius 1 is 1.75 bits per heavy atom. The van der Waals surface area contributed by atoms with Crippen LogP contribution in [0.4, 0.5) is 0 Å². The van der Waals surface area contributed by atoms with Gasteiger partial charge >= 0.3 is 0 Å². The van der Waals surface area contributed by atoms with Crippen molar-refractivity contribution in [1.29, 1.82) is 0 Å². The minimum absolute atomic E-state index is 0.596. The van der Waals surface area contributed by atoms with Gasteiger partial charge in [-0.2, -0.15) is 5.10 Å². The fourth-order valence-corrected chi connectivity index (χ4v) is 0.158. The summed E-state index contributed by atoms with van der Waals surface area (Å²) >= 11 is 0. The lowest BCUT2D eigenvalue weighted by Gasteiger charge is -1.71. The van der Waals surface area contributed by atoms with Crippen LogP contribution in [0.25, 0.3) is 0 Å². The summed E-state index contributed by atoms with van der Waals surface area (Å²) in [6.07, 6.45) is 3.01. The molecular weight excluding hydrogens is 110 g/mol. The molecule has 0 saturated heterocycles. The van der Waals surface area contributed by atoms with Crippen LogP contribution in [0.1, 0.15) is 0 Å². The first-order valence-electron chi connectivity index (χ1n) is 1.81. The lowest BCUT2D eigenvalue weighted by molar-refractivity contribution is -0.402. The number of nitrogens with two attached hydrogens (primary N) is 1. The molecule has 0 aromatic heterocycles. The molecule has 0 spiro atoms. The van der Waals surface area contributed by atoms with Crippen LogP contribution >= 0.6 is 0 Å². The maximum Gasteiger partial charge on any atom is 0.236 e. The lowest BCUT2D eigenvalue weighted by Crippen LogP contribution is -1.83. The Hall–Kier alpha value is -1.39. The van der Waals surface area contributed by atoms with Crippen molar-refractivity contribution in [2.45, 2.75) is 0 Å². The third-order valence-corrected chi connectivity index (χ3v) is 0.380. The molecule has 0 amide bonds. The Balaban J connectivity index is 3.50. The highest BCUT2D eigenvalue weighted by atomic mass is 16.6. The molecule has 0 fully saturated rings. The maximum absolute atomic E-state index is 9.49. The van der Waals surface area contributed by atoms with Gasteiger partial charge in [0, 0.05) is 6.08 Å². The zero-order chi connectivity index (χ0) is 6.41. The smallest absolute Gasteiger partial charge is 0.236 e. The second-order valence-corrected chi connectivity index (χ2v) is 0.925. The SMILES string of the molecule is N/N=C/C=C/[N+](=O)[O-]. The van der Waals surface area contributed by atoms with Crippen LogP contribution < -0.4 is 5.84 Å². The van der Waals surface area contributed by atoms with Crippen LogP contribution in [0.2, 0.25) is 0 Å². The topological polar surface area (TPSA) is 81.5 Å². The highest BCUT2D eigenvalue weighted by molar-refractivity contribution is 5.69. The van der Waals surface area contributed by atoms with Crippen molar-refractivity contribution in [3.63, 3.8) is 0 Å². The number of nitro groups is 1. The average molecular weight is 115 g/mol. The third kappa shape index (κ3) is 4.61. The Labute approximate surface area is 45.6 Å². The summed E-state index contributed by atoms with van der Waals surface area (Å²) in [7, 11) is 0. The Bertz CT molecular complexity index is 128. The molecule has 44 valence electrons. The molecule has 0 bridgehead atoms. The van der Waals surface area contributed by atoms with Crippen LogP contribution in [0.5, 0.6) is 0 Å². The number of hydrogen-bond donors (Lipinski definition) is 1. The molecule has 0 aliphatic heterocycles. The van der Waals surface area contributed by atoms with E-state index in [1.807, 2.05) is 0 Å². The van der Waals surface area contributed by atoms with E-state index in [1.165, 1.54) is 0 Å². The van der Waals surface area contributed by atoms with Gasteiger partial charge in [0.1, 0.15) is 0 Å². The first-order chi connectivity index (χ1) is 3.77. The van der Waals surface area contributed by atoms with E-state index < -0.39 is 4.92 Å². The van der Waals surface area contributed by atoms with E-state index in [2.05, 4.69) is 10.9 Å². The quantitative estimate of drug-likeness (QED) is 0.232. The number of allylic oxidation sites excluding steroid dienone is 1. The van der Waals surface area contributed by atoms with Gasteiger partial charge in [-0.3, -0.25) is 10.1 Å². The van der Waals surface area contributed by atoms with E-state index in [0.29, 0.717) is 0 Å². The van der Waals surface area contributed by atoms with Gasteiger partial charge in [0.05, 0.1) is 11.1 Å². The van der Waals surface area contributed by atoms with E-state index in [0.717, 1.165) is 18.5 Å². The summed E-state index contributed by atoms with van der Waals surface area (Å²) in [5.41, 5.74) is 0. The summed E-state index contributed by atoms with van der Waals surface area (Å²) < 4.78 is 0. The van der Waals surface area contributed by atoms with Crippen LogP contribution in [-0.2, 0) is 0 Å². The molecule has 8 heavy (non-hydrogen) atoms. The van der Waals surface area contributed by atoms with E-state index in [9.17, 15) is 10.1 Å². The fourth-order valence-electron chi connectivity index (χ4n) is 0.158. The molecule has 0 aliphatic rings. The number of nitrogens with zero attached hydrogens (tertiary/aromatic N) is 2. The van der Waals surface area contributed by atoms with Gasteiger partial charge in [0.15, 0.2) is 0 Å². The molecule has 0 saturated carbocycles. The largest absolute Gasteiger partial charge is 0.323 e. The summed E-state index contributed by atoms with van der Waals surface area (Å²) in [6.45, 7) is 0. The Kier molecular flexibility index (Phi) is 3.13. The Morgan fingerprint density at radius 3 is 2.75 bits per heavy atom. The second-order valence-electron chi connectivity index (χ2n) is 0.925. The first kappa shape index (κ1) is 6.61. The predicted molar refractivity (Wildman–Crippen MR) is 28.8 cm³/mol. The van der Waals surface area contributed by atoms with Crippen molar-refractivity contribution in [3.05, 3.63) is 22.4 Å². The molecule has 0 rings (SSSR count). The molecule has 0 unspecified atom stereocenters. The van der Waals surface area contributed by atoms with Gasteiger partial charge in [-0.15, -0.1) is 0 Å². The van der Waals surface area contributed by atoms with Crippen LogP contribution in [0.15, 0.2) is 17.4 Å². The van der Waals surface area contributed by atoms with Gasteiger partial charge in [0.25, 0.3) is 0 Å². The van der Waals surface area contributed by atoms with Crippen LogP contribution in [0, 0.1) is 10.1 Å². The van der Waals surface area contributed by atoms with Crippen molar-refractivity contribution in [1.82, 2.24) is 0 Å². The van der Waals surface area contributed by atoms with E-state index in [4.69, 9.17) is 0 Å². The van der Waals surface area contributed by atoms with Gasteiger partial charge in [0.2, 0.25) is 6.20 Å². The standard InChI is InChI=1S/C3H5N3O2/c4-5-2-1-3-6(7)8/h1-3H,4H2/b3-1+,5-2+. The third-order valence-electron chi connectivity index (χ3n) is 0.380. The van der Waals surface area contributed by atoms with Crippen LogP contribution in [0.3, 0.4) is 0 Å². The van der Waals surface area contributed by atoms with Gasteiger partial charge in [-0.05, 0) is 0 Å². The second kappa shape index (κ2) is 3.79. The van der Waals surface area contributed by atoms with Crippen molar-refractivity contribution in [2.24, 2.45) is 10.9 Å². The summed E-state index contributed by atoms with van der Waals surface area (Å²) in [4.78, 5) is 8.89. The molecule has 0 aromatic carbocycles. The monoisotopic (exact) mass is 115 g/mol. The van der Waals surface area contributed by atoms with Gasteiger partial charge in [-0.25, -0.2) is 0 Å². The summed E-state index contributed by atoms with van der Waals surface area (Å²) in [5.74, 6) is 4.61. The molecule has 2 N–H and O–H groups in total. The van der Waals surface area contributed by atoms with Crippen LogP contribution in [-0.4, -0.2) is 11.1 Å². The normalized spacial score (nSPS) is 11.0. The molecule has 0 aliphatic carbocycles. The zero-order valence-corrected chi connectivity index (χ0v) is 4.02. The lowest BCUT2D eigenvalue weighted by atomic mass is 10.7. The number of rotatable bonds is 2. The van der Waals surface area contributed by atoms with E-state index in [-0.39, 0.29) is 0 Å². The van der Waals surface area contributed by atoms with Crippen molar-refractivity contribution < 1.29 is 4.92 Å². The maximum atomic E-state index is 9.49. The molecule has 5 heteroatoms. The summed E-state index contributed by atoms with van der Waals surface area (Å²) in [5, 5.41) is 12.5.